The van der Waals surface area contributed by atoms with E-state index in [0.29, 0.717) is 21.8 Å². The minimum absolute atomic E-state index is 0.223. The highest BCUT2D eigenvalue weighted by molar-refractivity contribution is 6.31. The number of rotatable bonds is 5. The molecule has 3 aromatic rings. The van der Waals surface area contributed by atoms with Crippen LogP contribution >= 0.6 is 11.6 Å². The van der Waals surface area contributed by atoms with Gasteiger partial charge in [0, 0.05) is 34.7 Å². The number of aromatic nitrogens is 1. The first kappa shape index (κ1) is 17.4. The molecule has 0 spiro atoms. The summed E-state index contributed by atoms with van der Waals surface area (Å²) in [5, 5.41) is 6.19. The van der Waals surface area contributed by atoms with Crippen LogP contribution in [-0.2, 0) is 0 Å². The van der Waals surface area contributed by atoms with Crippen LogP contribution in [0.3, 0.4) is 0 Å². The number of nitrogens with zero attached hydrogens (tertiary/aromatic N) is 1. The predicted molar refractivity (Wildman–Crippen MR) is 106 cm³/mol. The van der Waals surface area contributed by atoms with Crippen LogP contribution in [0.2, 0.25) is 5.02 Å². The maximum atomic E-state index is 12.6. The van der Waals surface area contributed by atoms with Crippen LogP contribution in [0.1, 0.15) is 33.6 Å². The molecule has 0 saturated heterocycles. The van der Waals surface area contributed by atoms with Crippen molar-refractivity contribution < 1.29 is 9.59 Å². The minimum Gasteiger partial charge on any atom is -0.349 e. The fourth-order valence-corrected chi connectivity index (χ4v) is 2.96. The highest BCUT2D eigenvalue weighted by atomic mass is 35.5. The summed E-state index contributed by atoms with van der Waals surface area (Å²) in [6.45, 7) is 0. The minimum atomic E-state index is -0.281. The summed E-state index contributed by atoms with van der Waals surface area (Å²) in [5.74, 6) is -0.505. The van der Waals surface area contributed by atoms with Gasteiger partial charge in [0.15, 0.2) is 0 Å². The fourth-order valence-electron chi connectivity index (χ4n) is 2.79. The molecule has 5 nitrogen and oxygen atoms in total. The second-order valence-corrected chi connectivity index (χ2v) is 6.97. The third-order valence-electron chi connectivity index (χ3n) is 4.42. The molecule has 2 amide bonds. The van der Waals surface area contributed by atoms with Gasteiger partial charge in [0.1, 0.15) is 0 Å². The SMILES string of the molecule is O=C(Nc1ccc(Cl)cc1C(=O)NC1CC1)c1ccc(-n2cccc2)cc1. The molecule has 0 aliphatic heterocycles. The van der Waals surface area contributed by atoms with E-state index in [1.54, 1.807) is 30.3 Å². The molecule has 0 unspecified atom stereocenters. The summed E-state index contributed by atoms with van der Waals surface area (Å²) in [7, 11) is 0. The van der Waals surface area contributed by atoms with Crippen LogP contribution in [0.5, 0.6) is 0 Å². The highest BCUT2D eigenvalue weighted by Crippen LogP contribution is 2.24. The Kier molecular flexibility index (Phi) is 4.69. The molecule has 27 heavy (non-hydrogen) atoms. The summed E-state index contributed by atoms with van der Waals surface area (Å²) in [6.07, 6.45) is 5.85. The summed E-state index contributed by atoms with van der Waals surface area (Å²) < 4.78 is 1.96. The monoisotopic (exact) mass is 379 g/mol. The van der Waals surface area contributed by atoms with E-state index in [4.69, 9.17) is 11.6 Å². The lowest BCUT2D eigenvalue weighted by Gasteiger charge is -2.12. The molecular formula is C21H18ClN3O2. The van der Waals surface area contributed by atoms with Gasteiger partial charge in [0.2, 0.25) is 0 Å². The zero-order chi connectivity index (χ0) is 18.8. The van der Waals surface area contributed by atoms with E-state index in [9.17, 15) is 9.59 Å². The molecule has 1 heterocycles. The molecule has 1 aromatic heterocycles. The molecule has 1 saturated carbocycles. The zero-order valence-electron chi connectivity index (χ0n) is 14.5. The van der Waals surface area contributed by atoms with Crippen molar-refractivity contribution >= 4 is 29.1 Å². The highest BCUT2D eigenvalue weighted by Gasteiger charge is 2.25. The second kappa shape index (κ2) is 7.29. The van der Waals surface area contributed by atoms with Crippen molar-refractivity contribution in [1.82, 2.24) is 9.88 Å². The Bertz CT molecular complexity index is 977. The summed E-state index contributed by atoms with van der Waals surface area (Å²) >= 11 is 6.04. The number of amides is 2. The lowest BCUT2D eigenvalue weighted by Crippen LogP contribution is -2.27. The third-order valence-corrected chi connectivity index (χ3v) is 4.65. The van der Waals surface area contributed by atoms with Gasteiger partial charge in [-0.1, -0.05) is 11.6 Å². The largest absolute Gasteiger partial charge is 0.349 e. The Morgan fingerprint density at radius 1 is 0.963 bits per heavy atom. The molecule has 0 radical (unpaired) electrons. The molecular weight excluding hydrogens is 362 g/mol. The van der Waals surface area contributed by atoms with Gasteiger partial charge in [0.05, 0.1) is 11.3 Å². The molecule has 0 bridgehead atoms. The Morgan fingerprint density at radius 2 is 1.67 bits per heavy atom. The molecule has 2 aromatic carbocycles. The number of hydrogen-bond acceptors (Lipinski definition) is 2. The van der Waals surface area contributed by atoms with E-state index in [-0.39, 0.29) is 17.9 Å². The van der Waals surface area contributed by atoms with Crippen LogP contribution in [-0.4, -0.2) is 22.4 Å². The average molecular weight is 380 g/mol. The topological polar surface area (TPSA) is 63.1 Å². The standard InChI is InChI=1S/C21H18ClN3O2/c22-15-5-10-19(18(13-15)21(27)23-16-6-7-16)24-20(26)14-3-8-17(9-4-14)25-11-1-2-12-25/h1-5,8-13,16H,6-7H2,(H,23,27)(H,24,26). The van der Waals surface area contributed by atoms with Gasteiger partial charge in [0.25, 0.3) is 11.8 Å². The average Bonchev–Trinajstić information content (AvgIpc) is 3.31. The van der Waals surface area contributed by atoms with Gasteiger partial charge in [-0.05, 0) is 67.4 Å². The zero-order valence-corrected chi connectivity index (χ0v) is 15.2. The normalized spacial score (nSPS) is 13.2. The fraction of sp³-hybridized carbons (Fsp3) is 0.143. The molecule has 1 fully saturated rings. The van der Waals surface area contributed by atoms with Crippen molar-refractivity contribution in [3.05, 3.63) is 83.1 Å². The number of anilines is 1. The number of benzene rings is 2. The van der Waals surface area contributed by atoms with Crippen molar-refractivity contribution in [2.24, 2.45) is 0 Å². The van der Waals surface area contributed by atoms with Crippen LogP contribution in [0.15, 0.2) is 67.0 Å². The molecule has 4 rings (SSSR count). The Balaban J connectivity index is 1.53. The van der Waals surface area contributed by atoms with Crippen molar-refractivity contribution in [2.45, 2.75) is 18.9 Å². The molecule has 2 N–H and O–H groups in total. The Morgan fingerprint density at radius 3 is 2.33 bits per heavy atom. The summed E-state index contributed by atoms with van der Waals surface area (Å²) in [4.78, 5) is 25.1. The van der Waals surface area contributed by atoms with Gasteiger partial charge >= 0.3 is 0 Å². The number of nitrogens with one attached hydrogen (secondary N) is 2. The Labute approximate surface area is 162 Å². The smallest absolute Gasteiger partial charge is 0.255 e. The van der Waals surface area contributed by atoms with Crippen LogP contribution < -0.4 is 10.6 Å². The second-order valence-electron chi connectivity index (χ2n) is 6.53. The van der Waals surface area contributed by atoms with Crippen molar-refractivity contribution in [2.75, 3.05) is 5.32 Å². The molecule has 6 heteroatoms. The number of carbonyl (C=O) groups excluding carboxylic acids is 2. The van der Waals surface area contributed by atoms with Gasteiger partial charge in [-0.3, -0.25) is 9.59 Å². The van der Waals surface area contributed by atoms with Crippen LogP contribution in [0, 0.1) is 0 Å². The van der Waals surface area contributed by atoms with Gasteiger partial charge < -0.3 is 15.2 Å². The van der Waals surface area contributed by atoms with Crippen LogP contribution in [0.25, 0.3) is 5.69 Å². The summed E-state index contributed by atoms with van der Waals surface area (Å²) in [6, 6.07) is 16.2. The Hall–Kier alpha value is -3.05. The van der Waals surface area contributed by atoms with E-state index >= 15 is 0 Å². The van der Waals surface area contributed by atoms with Crippen molar-refractivity contribution in [1.29, 1.82) is 0 Å². The first-order chi connectivity index (χ1) is 13.1. The van der Waals surface area contributed by atoms with Gasteiger partial charge in [-0.25, -0.2) is 0 Å². The molecule has 136 valence electrons. The van der Waals surface area contributed by atoms with E-state index in [1.807, 2.05) is 41.2 Å². The van der Waals surface area contributed by atoms with Gasteiger partial charge in [-0.2, -0.15) is 0 Å². The van der Waals surface area contributed by atoms with Crippen LogP contribution in [0.4, 0.5) is 5.69 Å². The summed E-state index contributed by atoms with van der Waals surface area (Å²) in [5.41, 5.74) is 2.28. The number of hydrogen-bond donors (Lipinski definition) is 2. The molecule has 0 atom stereocenters. The molecule has 1 aliphatic rings. The predicted octanol–water partition coefficient (Wildman–Crippen LogP) is 4.28. The lowest BCUT2D eigenvalue weighted by atomic mass is 10.1. The first-order valence-corrected chi connectivity index (χ1v) is 9.13. The maximum Gasteiger partial charge on any atom is 0.255 e. The maximum absolute atomic E-state index is 12.6. The van der Waals surface area contributed by atoms with E-state index < -0.39 is 0 Å². The molecule has 1 aliphatic carbocycles. The van der Waals surface area contributed by atoms with E-state index in [0.717, 1.165) is 18.5 Å². The number of carbonyl (C=O) groups is 2. The van der Waals surface area contributed by atoms with Gasteiger partial charge in [-0.15, -0.1) is 0 Å². The van der Waals surface area contributed by atoms with E-state index in [1.165, 1.54) is 0 Å². The first-order valence-electron chi connectivity index (χ1n) is 8.75. The number of halogens is 1. The third kappa shape index (κ3) is 4.04. The van der Waals surface area contributed by atoms with Crippen molar-refractivity contribution in [3.63, 3.8) is 0 Å². The van der Waals surface area contributed by atoms with Crippen molar-refractivity contribution in [3.8, 4) is 5.69 Å². The quantitative estimate of drug-likeness (QED) is 0.695. The van der Waals surface area contributed by atoms with E-state index in [2.05, 4.69) is 10.6 Å². The lowest BCUT2D eigenvalue weighted by molar-refractivity contribution is 0.0952.